The number of carbonyl (C=O) groups excluding carboxylic acids is 1. The van der Waals surface area contributed by atoms with Crippen LogP contribution in [0.4, 0.5) is 0 Å². The molecule has 2 aliphatic heterocycles. The predicted molar refractivity (Wildman–Crippen MR) is 175 cm³/mol. The summed E-state index contributed by atoms with van der Waals surface area (Å²) in [5, 5.41) is 25.8. The Bertz CT molecular complexity index is 1460. The molecule has 2 aliphatic rings. The van der Waals surface area contributed by atoms with Crippen LogP contribution in [0.25, 0.3) is 0 Å². The number of thioether (sulfide) groups is 1. The molecule has 0 saturated carbocycles. The molecule has 238 valence electrons. The van der Waals surface area contributed by atoms with Gasteiger partial charge in [0.1, 0.15) is 0 Å². The molecule has 0 aromatic heterocycles. The van der Waals surface area contributed by atoms with Crippen molar-refractivity contribution in [3.63, 3.8) is 0 Å². The number of aliphatic hydroxyl groups is 1. The fourth-order valence-electron chi connectivity index (χ4n) is 5.29. The second-order valence-corrected chi connectivity index (χ2v) is 12.5. The fraction of sp³-hybridized carbons (Fsp3) is 0.324. The van der Waals surface area contributed by atoms with E-state index in [9.17, 15) is 19.5 Å². The molecular formula is C34H38N2O7S2. The number of benzene rings is 3. The number of rotatable bonds is 10. The molecule has 11 heteroatoms. The van der Waals surface area contributed by atoms with E-state index in [-0.39, 0.29) is 0 Å². The Morgan fingerprint density at radius 1 is 0.933 bits per heavy atom. The van der Waals surface area contributed by atoms with E-state index in [4.69, 9.17) is 14.9 Å². The lowest BCUT2D eigenvalue weighted by molar-refractivity contribution is -0.154. The topological polar surface area (TPSA) is 128 Å². The number of carbonyl (C=O) groups is 3. The van der Waals surface area contributed by atoms with E-state index < -0.39 is 24.0 Å². The minimum atomic E-state index is -1.26. The van der Waals surface area contributed by atoms with Crippen LogP contribution in [-0.4, -0.2) is 88.6 Å². The van der Waals surface area contributed by atoms with Crippen molar-refractivity contribution < 1.29 is 34.4 Å². The van der Waals surface area contributed by atoms with Crippen molar-refractivity contribution in [3.8, 4) is 0 Å². The highest BCUT2D eigenvalue weighted by Crippen LogP contribution is 2.44. The highest BCUT2D eigenvalue weighted by molar-refractivity contribution is 7.99. The summed E-state index contributed by atoms with van der Waals surface area (Å²) in [5.74, 6) is -3.09. The summed E-state index contributed by atoms with van der Waals surface area (Å²) in [7, 11) is 0. The first-order valence-corrected chi connectivity index (χ1v) is 16.7. The molecule has 1 fully saturated rings. The van der Waals surface area contributed by atoms with Crippen molar-refractivity contribution in [1.82, 2.24) is 9.80 Å². The van der Waals surface area contributed by atoms with Crippen LogP contribution in [0.1, 0.15) is 35.3 Å². The van der Waals surface area contributed by atoms with Crippen LogP contribution in [0.3, 0.4) is 0 Å². The monoisotopic (exact) mass is 650 g/mol. The van der Waals surface area contributed by atoms with Gasteiger partial charge in [0.25, 0.3) is 0 Å². The van der Waals surface area contributed by atoms with Crippen molar-refractivity contribution in [2.45, 2.75) is 39.7 Å². The minimum Gasteiger partial charge on any atom is -0.478 e. The summed E-state index contributed by atoms with van der Waals surface area (Å²) in [4.78, 5) is 40.5. The summed E-state index contributed by atoms with van der Waals surface area (Å²) < 4.78 is 5.34. The Hall–Kier alpha value is -3.61. The van der Waals surface area contributed by atoms with Crippen LogP contribution in [0, 0.1) is 0 Å². The van der Waals surface area contributed by atoms with Gasteiger partial charge in [-0.25, -0.2) is 14.4 Å². The highest BCUT2D eigenvalue weighted by atomic mass is 32.2. The lowest BCUT2D eigenvalue weighted by atomic mass is 9.96. The predicted octanol–water partition coefficient (Wildman–Crippen LogP) is 5.15. The first-order chi connectivity index (χ1) is 21.7. The Labute approximate surface area is 271 Å². The maximum atomic E-state index is 12.2. The molecule has 0 spiro atoms. The molecular weight excluding hydrogens is 613 g/mol. The van der Waals surface area contributed by atoms with E-state index in [1.165, 1.54) is 25.8 Å². The number of hydrogen-bond donors (Lipinski definition) is 3. The zero-order valence-electron chi connectivity index (χ0n) is 25.1. The van der Waals surface area contributed by atoms with Gasteiger partial charge < -0.3 is 25.0 Å². The molecule has 9 nitrogen and oxygen atoms in total. The molecule has 1 saturated heterocycles. The Kier molecular flexibility index (Phi) is 13.1. The van der Waals surface area contributed by atoms with Gasteiger partial charge in [0.2, 0.25) is 0 Å². The zero-order valence-corrected chi connectivity index (χ0v) is 26.7. The van der Waals surface area contributed by atoms with E-state index in [0.717, 1.165) is 45.6 Å². The molecule has 3 aromatic carbocycles. The van der Waals surface area contributed by atoms with Crippen LogP contribution in [0.15, 0.2) is 99.6 Å². The normalized spacial score (nSPS) is 17.2. The molecule has 45 heavy (non-hydrogen) atoms. The number of piperazine rings is 1. The van der Waals surface area contributed by atoms with Crippen LogP contribution < -0.4 is 0 Å². The Morgan fingerprint density at radius 2 is 1.60 bits per heavy atom. The van der Waals surface area contributed by atoms with Crippen LogP contribution >= 0.6 is 23.5 Å². The van der Waals surface area contributed by atoms with E-state index in [0.29, 0.717) is 30.4 Å². The van der Waals surface area contributed by atoms with Crippen molar-refractivity contribution >= 4 is 41.4 Å². The standard InChI is InChI=1S/C30H34N2O3S2.C4H4O4/c1-36-24-12-13-28-25(21-24)26(20-23-10-5-6-11-27(23)37-28)32-17-15-31(16-18-32)14-7-19-35-30(34)29(33)22-8-3-2-4-9-22;5-3(6)1-2-4(7)8/h2-6,8-13,21,26,29,33H,7,14-20H2,1H3;1-2H,(H,5,6)(H,7,8)/b;2-1-. The van der Waals surface area contributed by atoms with Crippen LogP contribution in [0.2, 0.25) is 0 Å². The molecule has 2 unspecified atom stereocenters. The third-order valence-electron chi connectivity index (χ3n) is 7.60. The maximum Gasteiger partial charge on any atom is 0.339 e. The van der Waals surface area contributed by atoms with Crippen molar-refractivity contribution in [2.24, 2.45) is 0 Å². The SMILES string of the molecule is CSc1ccc2c(c1)C(N1CCN(CCCOC(=O)C(O)c3ccccc3)CC1)Cc1ccccc1S2.O=C(O)/C=C\C(=O)O. The summed E-state index contributed by atoms with van der Waals surface area (Å²) in [6.07, 6.45) is 3.84. The van der Waals surface area contributed by atoms with Crippen LogP contribution in [0.5, 0.6) is 0 Å². The second-order valence-electron chi connectivity index (χ2n) is 10.6. The summed E-state index contributed by atoms with van der Waals surface area (Å²) >= 11 is 3.71. The summed E-state index contributed by atoms with van der Waals surface area (Å²) in [6.45, 7) is 5.26. The molecule has 2 heterocycles. The minimum absolute atomic E-state index is 0.324. The van der Waals surface area contributed by atoms with Gasteiger partial charge in [-0.3, -0.25) is 4.90 Å². The summed E-state index contributed by atoms with van der Waals surface area (Å²) in [5.41, 5.74) is 3.45. The molecule has 0 radical (unpaired) electrons. The number of aliphatic hydroxyl groups excluding tert-OH is 1. The number of nitrogens with zero attached hydrogens (tertiary/aromatic N) is 2. The zero-order chi connectivity index (χ0) is 32.2. The van der Waals surface area contributed by atoms with Crippen molar-refractivity contribution in [3.05, 3.63) is 102 Å². The van der Waals surface area contributed by atoms with Gasteiger partial charge in [0.05, 0.1) is 6.61 Å². The van der Waals surface area contributed by atoms with Crippen molar-refractivity contribution in [2.75, 3.05) is 45.6 Å². The number of carboxylic acid groups (broad SMARTS) is 2. The average molecular weight is 651 g/mol. The molecule has 2 atom stereocenters. The third kappa shape index (κ3) is 10.2. The lowest BCUT2D eigenvalue weighted by Crippen LogP contribution is -2.48. The number of hydrogen-bond acceptors (Lipinski definition) is 9. The number of aliphatic carboxylic acids is 2. The van der Waals surface area contributed by atoms with E-state index in [1.54, 1.807) is 24.3 Å². The fourth-order valence-corrected chi connectivity index (χ4v) is 6.86. The smallest absolute Gasteiger partial charge is 0.339 e. The first kappa shape index (κ1) is 34.3. The number of ether oxygens (including phenoxy) is 1. The van der Waals surface area contributed by atoms with E-state index in [1.807, 2.05) is 29.6 Å². The van der Waals surface area contributed by atoms with Crippen molar-refractivity contribution in [1.29, 1.82) is 0 Å². The largest absolute Gasteiger partial charge is 0.478 e. The summed E-state index contributed by atoms with van der Waals surface area (Å²) in [6, 6.07) is 25.1. The molecule has 3 aromatic rings. The van der Waals surface area contributed by atoms with E-state index in [2.05, 4.69) is 58.5 Å². The average Bonchev–Trinajstić information content (AvgIpc) is 3.22. The van der Waals surface area contributed by atoms with E-state index >= 15 is 0 Å². The van der Waals surface area contributed by atoms with Gasteiger partial charge in [-0.1, -0.05) is 60.3 Å². The number of esters is 1. The van der Waals surface area contributed by atoms with Gasteiger partial charge in [0.15, 0.2) is 6.10 Å². The van der Waals surface area contributed by atoms with Gasteiger partial charge in [0, 0.05) is 65.6 Å². The molecule has 3 N–H and O–H groups in total. The van der Waals surface area contributed by atoms with Gasteiger partial charge in [-0.2, -0.15) is 0 Å². The van der Waals surface area contributed by atoms with Gasteiger partial charge >= 0.3 is 17.9 Å². The molecule has 5 rings (SSSR count). The van der Waals surface area contributed by atoms with Crippen LogP contribution in [-0.2, 0) is 25.5 Å². The number of carboxylic acids is 2. The lowest BCUT2D eigenvalue weighted by Gasteiger charge is -2.39. The van der Waals surface area contributed by atoms with Gasteiger partial charge in [-0.15, -0.1) is 11.8 Å². The Balaban J connectivity index is 0.000000510. The molecule has 0 aliphatic carbocycles. The quantitative estimate of drug-likeness (QED) is 0.117. The molecule has 0 amide bonds. The highest BCUT2D eigenvalue weighted by Gasteiger charge is 2.30. The second kappa shape index (κ2) is 17.2. The number of fused-ring (bicyclic) bond motifs is 2. The molecule has 0 bridgehead atoms. The van der Waals surface area contributed by atoms with Gasteiger partial charge in [-0.05, 0) is 60.1 Å². The maximum absolute atomic E-state index is 12.2. The Morgan fingerprint density at radius 3 is 2.27 bits per heavy atom. The third-order valence-corrected chi connectivity index (χ3v) is 9.53. The first-order valence-electron chi connectivity index (χ1n) is 14.7.